The molecule has 2 unspecified atom stereocenters. The molecule has 0 radical (unpaired) electrons. The highest BCUT2D eigenvalue weighted by atomic mass is 16.5. The van der Waals surface area contributed by atoms with Gasteiger partial charge in [0.2, 0.25) is 11.7 Å². The highest BCUT2D eigenvalue weighted by molar-refractivity contribution is 5.74. The van der Waals surface area contributed by atoms with Crippen LogP contribution in [0.15, 0.2) is 28.8 Å². The number of hydrogen-bond acceptors (Lipinski definition) is 6. The van der Waals surface area contributed by atoms with Crippen molar-refractivity contribution in [3.8, 4) is 17.1 Å². The van der Waals surface area contributed by atoms with Gasteiger partial charge in [0.25, 0.3) is 0 Å². The number of methoxy groups -OCH3 is 1. The molecule has 2 N–H and O–H groups in total. The molecule has 2 atom stereocenters. The lowest BCUT2D eigenvalue weighted by atomic mass is 9.92. The van der Waals surface area contributed by atoms with E-state index in [1.807, 2.05) is 24.3 Å². The predicted molar refractivity (Wildman–Crippen MR) is 99.2 cm³/mol. The molecule has 1 saturated heterocycles. The molecule has 1 aliphatic heterocycles. The molecule has 8 nitrogen and oxygen atoms in total. The number of rotatable bonds is 5. The first-order valence-corrected chi connectivity index (χ1v) is 9.20. The Morgan fingerprint density at radius 1 is 1.33 bits per heavy atom. The lowest BCUT2D eigenvalue weighted by Gasteiger charge is -2.33. The number of aromatic nitrogens is 2. The number of amides is 2. The number of aliphatic hydroxyl groups excluding tert-OH is 1. The molecule has 1 aliphatic rings. The SMILES string of the molecule is COc1ccccc1-c1noc(C(C)NC(=O)N2CCC(C(C)O)CC2)n1. The molecule has 2 aromatic rings. The van der Waals surface area contributed by atoms with Crippen molar-refractivity contribution < 1.29 is 19.2 Å². The van der Waals surface area contributed by atoms with Crippen LogP contribution in [0.4, 0.5) is 4.79 Å². The Morgan fingerprint density at radius 3 is 2.70 bits per heavy atom. The number of benzene rings is 1. The van der Waals surface area contributed by atoms with Crippen molar-refractivity contribution in [1.29, 1.82) is 0 Å². The monoisotopic (exact) mass is 374 g/mol. The average molecular weight is 374 g/mol. The summed E-state index contributed by atoms with van der Waals surface area (Å²) >= 11 is 0. The van der Waals surface area contributed by atoms with Gasteiger partial charge in [-0.15, -0.1) is 0 Å². The first-order chi connectivity index (χ1) is 13.0. The van der Waals surface area contributed by atoms with E-state index in [-0.39, 0.29) is 18.1 Å². The van der Waals surface area contributed by atoms with Crippen LogP contribution in [-0.4, -0.2) is 52.5 Å². The van der Waals surface area contributed by atoms with E-state index < -0.39 is 6.04 Å². The van der Waals surface area contributed by atoms with Crippen molar-refractivity contribution in [2.45, 2.75) is 38.8 Å². The van der Waals surface area contributed by atoms with Crippen molar-refractivity contribution >= 4 is 6.03 Å². The minimum atomic E-state index is -0.414. The standard InChI is InChI=1S/C19H26N4O4/c1-12(20-19(25)23-10-8-14(9-11-23)13(2)24)18-21-17(22-27-18)15-6-4-5-7-16(15)26-3/h4-7,12-14,24H,8-11H2,1-3H3,(H,20,25). The molecule has 0 spiro atoms. The fraction of sp³-hybridized carbons (Fsp3) is 0.526. The van der Waals surface area contributed by atoms with Gasteiger partial charge in [0.1, 0.15) is 11.8 Å². The fourth-order valence-corrected chi connectivity index (χ4v) is 3.27. The van der Waals surface area contributed by atoms with Crippen LogP contribution in [0.3, 0.4) is 0 Å². The van der Waals surface area contributed by atoms with E-state index in [9.17, 15) is 9.90 Å². The highest BCUT2D eigenvalue weighted by Gasteiger charge is 2.27. The number of nitrogens with one attached hydrogen (secondary N) is 1. The van der Waals surface area contributed by atoms with Crippen LogP contribution in [0.1, 0.15) is 38.6 Å². The first kappa shape index (κ1) is 19.2. The number of nitrogens with zero attached hydrogens (tertiary/aromatic N) is 3. The lowest BCUT2D eigenvalue weighted by Crippen LogP contribution is -2.46. The molecule has 0 saturated carbocycles. The number of piperidine rings is 1. The zero-order valence-electron chi connectivity index (χ0n) is 15.9. The van der Waals surface area contributed by atoms with E-state index in [1.165, 1.54) is 0 Å². The van der Waals surface area contributed by atoms with Gasteiger partial charge in [-0.25, -0.2) is 4.79 Å². The molecule has 0 bridgehead atoms. The molecule has 0 aliphatic carbocycles. The van der Waals surface area contributed by atoms with E-state index >= 15 is 0 Å². The zero-order valence-corrected chi connectivity index (χ0v) is 15.9. The van der Waals surface area contributed by atoms with E-state index in [4.69, 9.17) is 9.26 Å². The summed E-state index contributed by atoms with van der Waals surface area (Å²) in [6, 6.07) is 6.84. The molecule has 8 heteroatoms. The van der Waals surface area contributed by atoms with Crippen molar-refractivity contribution in [1.82, 2.24) is 20.4 Å². The maximum Gasteiger partial charge on any atom is 0.318 e. The maximum atomic E-state index is 12.5. The van der Waals surface area contributed by atoms with Gasteiger partial charge in [0.15, 0.2) is 0 Å². The fourth-order valence-electron chi connectivity index (χ4n) is 3.27. The number of aliphatic hydroxyl groups is 1. The number of carbonyl (C=O) groups excluding carboxylic acids is 1. The molecule has 146 valence electrons. The van der Waals surface area contributed by atoms with Gasteiger partial charge in [0, 0.05) is 13.1 Å². The van der Waals surface area contributed by atoms with Crippen molar-refractivity contribution in [2.75, 3.05) is 20.2 Å². The Morgan fingerprint density at radius 2 is 2.04 bits per heavy atom. The van der Waals surface area contributed by atoms with E-state index in [2.05, 4.69) is 15.5 Å². The van der Waals surface area contributed by atoms with Gasteiger partial charge in [-0.1, -0.05) is 17.3 Å². The van der Waals surface area contributed by atoms with E-state index in [0.29, 0.717) is 30.6 Å². The summed E-state index contributed by atoms with van der Waals surface area (Å²) in [4.78, 5) is 18.6. The summed E-state index contributed by atoms with van der Waals surface area (Å²) in [6.07, 6.45) is 1.27. The second kappa shape index (κ2) is 8.39. The van der Waals surface area contributed by atoms with Gasteiger partial charge < -0.3 is 24.6 Å². The minimum Gasteiger partial charge on any atom is -0.496 e. The summed E-state index contributed by atoms with van der Waals surface area (Å²) in [5.74, 6) is 1.66. The number of likely N-dealkylation sites (tertiary alicyclic amines) is 1. The van der Waals surface area contributed by atoms with Crippen molar-refractivity contribution in [3.63, 3.8) is 0 Å². The highest BCUT2D eigenvalue weighted by Crippen LogP contribution is 2.28. The van der Waals surface area contributed by atoms with Gasteiger partial charge in [-0.3, -0.25) is 0 Å². The quantitative estimate of drug-likeness (QED) is 0.834. The maximum absolute atomic E-state index is 12.5. The van der Waals surface area contributed by atoms with Gasteiger partial charge in [-0.2, -0.15) is 4.98 Å². The summed E-state index contributed by atoms with van der Waals surface area (Å²) in [7, 11) is 1.59. The summed E-state index contributed by atoms with van der Waals surface area (Å²) in [6.45, 7) is 4.87. The minimum absolute atomic E-state index is 0.163. The van der Waals surface area contributed by atoms with Crippen LogP contribution in [0, 0.1) is 5.92 Å². The Bertz CT molecular complexity index is 769. The van der Waals surface area contributed by atoms with E-state index in [0.717, 1.165) is 18.4 Å². The Labute approximate surface area is 158 Å². The number of para-hydroxylation sites is 1. The normalized spacial score (nSPS) is 17.4. The topological polar surface area (TPSA) is 101 Å². The second-order valence-corrected chi connectivity index (χ2v) is 6.89. The van der Waals surface area contributed by atoms with Gasteiger partial charge >= 0.3 is 6.03 Å². The molecule has 3 rings (SSSR count). The Balaban J connectivity index is 1.61. The molecule has 2 heterocycles. The molecule has 1 aromatic heterocycles. The summed E-state index contributed by atoms with van der Waals surface area (Å²) in [5.41, 5.74) is 0.730. The van der Waals surface area contributed by atoms with Crippen molar-refractivity contribution in [2.24, 2.45) is 5.92 Å². The third-order valence-electron chi connectivity index (χ3n) is 5.01. The zero-order chi connectivity index (χ0) is 19.4. The predicted octanol–water partition coefficient (Wildman–Crippen LogP) is 2.61. The first-order valence-electron chi connectivity index (χ1n) is 9.20. The number of hydrogen-bond donors (Lipinski definition) is 2. The largest absolute Gasteiger partial charge is 0.496 e. The van der Waals surface area contributed by atoms with Crippen LogP contribution in [-0.2, 0) is 0 Å². The van der Waals surface area contributed by atoms with Crippen LogP contribution in [0.25, 0.3) is 11.4 Å². The molecule has 1 fully saturated rings. The van der Waals surface area contributed by atoms with Gasteiger partial charge in [0.05, 0.1) is 18.8 Å². The molecular formula is C19H26N4O4. The number of ether oxygens (including phenoxy) is 1. The lowest BCUT2D eigenvalue weighted by molar-refractivity contribution is 0.0792. The van der Waals surface area contributed by atoms with Crippen LogP contribution < -0.4 is 10.1 Å². The van der Waals surface area contributed by atoms with Crippen LogP contribution >= 0.6 is 0 Å². The van der Waals surface area contributed by atoms with E-state index in [1.54, 1.807) is 25.9 Å². The average Bonchev–Trinajstić information content (AvgIpc) is 3.18. The van der Waals surface area contributed by atoms with Crippen LogP contribution in [0.5, 0.6) is 5.75 Å². The van der Waals surface area contributed by atoms with Crippen LogP contribution in [0.2, 0.25) is 0 Å². The smallest absolute Gasteiger partial charge is 0.318 e. The van der Waals surface area contributed by atoms with Crippen molar-refractivity contribution in [3.05, 3.63) is 30.2 Å². The Hall–Kier alpha value is -2.61. The third kappa shape index (κ3) is 4.39. The Kier molecular flexibility index (Phi) is 5.95. The third-order valence-corrected chi connectivity index (χ3v) is 5.01. The molecule has 27 heavy (non-hydrogen) atoms. The van der Waals surface area contributed by atoms with Gasteiger partial charge in [-0.05, 0) is 44.7 Å². The number of urea groups is 1. The summed E-state index contributed by atoms with van der Waals surface area (Å²) < 4.78 is 10.7. The summed E-state index contributed by atoms with van der Waals surface area (Å²) in [5, 5.41) is 16.6. The molecule has 1 aromatic carbocycles. The molecule has 2 amide bonds. The molecular weight excluding hydrogens is 348 g/mol. The number of carbonyl (C=O) groups is 1. The second-order valence-electron chi connectivity index (χ2n) is 6.89.